The number of hydrogen-bond donors (Lipinski definition) is 2. The van der Waals surface area contributed by atoms with Crippen LogP contribution in [0.3, 0.4) is 0 Å². The number of nitrogens with two attached hydrogens (primary N) is 1. The van der Waals surface area contributed by atoms with Crippen LogP contribution in [0.4, 0.5) is 0 Å². The summed E-state index contributed by atoms with van der Waals surface area (Å²) in [7, 11) is 0. The van der Waals surface area contributed by atoms with E-state index in [1.54, 1.807) is 11.0 Å². The maximum atomic E-state index is 12.4. The average molecular weight is 376 g/mol. The van der Waals surface area contributed by atoms with Crippen molar-refractivity contribution < 1.29 is 9.59 Å². The third-order valence-electron chi connectivity index (χ3n) is 3.62. The molecule has 0 unspecified atom stereocenters. The Labute approximate surface area is 155 Å². The zero-order chi connectivity index (χ0) is 17.6. The van der Waals surface area contributed by atoms with Crippen molar-refractivity contribution in [3.8, 4) is 0 Å². The Bertz CT molecular complexity index is 550. The fourth-order valence-electron chi connectivity index (χ4n) is 2.08. The van der Waals surface area contributed by atoms with E-state index in [1.165, 1.54) is 0 Å². The molecule has 0 spiro atoms. The number of carbonyl (C=O) groups excluding carboxylic acids is 2. The van der Waals surface area contributed by atoms with Gasteiger partial charge in [0.2, 0.25) is 11.8 Å². The van der Waals surface area contributed by atoms with Gasteiger partial charge in [0.05, 0.1) is 12.6 Å². The van der Waals surface area contributed by atoms with Gasteiger partial charge in [0.1, 0.15) is 0 Å². The molecule has 3 N–H and O–H groups in total. The number of rotatable bonds is 7. The summed E-state index contributed by atoms with van der Waals surface area (Å²) in [6.07, 6.45) is 0. The van der Waals surface area contributed by atoms with Crippen LogP contribution in [0.2, 0.25) is 5.02 Å². The Morgan fingerprint density at radius 3 is 2.38 bits per heavy atom. The van der Waals surface area contributed by atoms with E-state index >= 15 is 0 Å². The summed E-state index contributed by atoms with van der Waals surface area (Å²) < 4.78 is 0. The first-order chi connectivity index (χ1) is 10.7. The third kappa shape index (κ3) is 7.07. The van der Waals surface area contributed by atoms with Crippen LogP contribution >= 0.6 is 24.0 Å². The lowest BCUT2D eigenvalue weighted by atomic mass is 10.1. The van der Waals surface area contributed by atoms with Gasteiger partial charge < -0.3 is 16.0 Å². The summed E-state index contributed by atoms with van der Waals surface area (Å²) >= 11 is 5.98. The quantitative estimate of drug-likeness (QED) is 0.768. The van der Waals surface area contributed by atoms with Crippen molar-refractivity contribution in [2.75, 3.05) is 6.54 Å². The lowest BCUT2D eigenvalue weighted by Crippen LogP contribution is -2.48. The van der Waals surface area contributed by atoms with Crippen molar-refractivity contribution in [1.82, 2.24) is 10.2 Å². The smallest absolute Gasteiger partial charge is 0.242 e. The second kappa shape index (κ2) is 10.5. The molecule has 1 rings (SSSR count). The van der Waals surface area contributed by atoms with Crippen LogP contribution in [0.15, 0.2) is 24.3 Å². The maximum absolute atomic E-state index is 12.4. The van der Waals surface area contributed by atoms with E-state index in [9.17, 15) is 9.59 Å². The summed E-state index contributed by atoms with van der Waals surface area (Å²) in [4.78, 5) is 26.0. The van der Waals surface area contributed by atoms with Crippen molar-refractivity contribution in [2.45, 2.75) is 46.3 Å². The zero-order valence-corrected chi connectivity index (χ0v) is 16.2. The van der Waals surface area contributed by atoms with E-state index in [0.29, 0.717) is 11.6 Å². The maximum Gasteiger partial charge on any atom is 0.242 e. The highest BCUT2D eigenvalue weighted by molar-refractivity contribution is 6.30. The first-order valence-corrected chi connectivity index (χ1v) is 8.17. The Morgan fingerprint density at radius 1 is 1.25 bits per heavy atom. The molecule has 0 bridgehead atoms. The Kier molecular flexibility index (Phi) is 9.97. The summed E-state index contributed by atoms with van der Waals surface area (Å²) in [5.74, 6) is -0.429. The zero-order valence-electron chi connectivity index (χ0n) is 14.6. The average Bonchev–Trinajstić information content (AvgIpc) is 2.48. The molecule has 0 saturated heterocycles. The predicted octanol–water partition coefficient (Wildman–Crippen LogP) is 2.60. The predicted molar refractivity (Wildman–Crippen MR) is 100 cm³/mol. The van der Waals surface area contributed by atoms with Gasteiger partial charge in [0.25, 0.3) is 0 Å². The molecule has 1 aromatic rings. The monoisotopic (exact) mass is 375 g/mol. The van der Waals surface area contributed by atoms with Crippen LogP contribution in [0.5, 0.6) is 0 Å². The van der Waals surface area contributed by atoms with E-state index in [1.807, 2.05) is 45.9 Å². The van der Waals surface area contributed by atoms with Gasteiger partial charge in [-0.25, -0.2) is 0 Å². The summed E-state index contributed by atoms with van der Waals surface area (Å²) in [5, 5.41) is 3.25. The third-order valence-corrected chi connectivity index (χ3v) is 3.86. The molecule has 136 valence electrons. The van der Waals surface area contributed by atoms with E-state index < -0.39 is 6.04 Å². The van der Waals surface area contributed by atoms with E-state index in [-0.39, 0.29) is 42.7 Å². The SMILES string of the molecule is CC(C)[C@H](N)C(=O)NCC(=O)N(Cc1cccc(Cl)c1)C(C)C.Cl. The van der Waals surface area contributed by atoms with Crippen molar-refractivity contribution in [1.29, 1.82) is 0 Å². The Morgan fingerprint density at radius 2 is 1.88 bits per heavy atom. The lowest BCUT2D eigenvalue weighted by Gasteiger charge is -2.27. The number of carbonyl (C=O) groups is 2. The minimum absolute atomic E-state index is 0. The van der Waals surface area contributed by atoms with Gasteiger partial charge in [-0.15, -0.1) is 12.4 Å². The number of amides is 2. The first kappa shape index (κ1) is 22.7. The highest BCUT2D eigenvalue weighted by atomic mass is 35.5. The van der Waals surface area contributed by atoms with Crippen LogP contribution in [0.1, 0.15) is 33.3 Å². The molecule has 0 fully saturated rings. The molecule has 1 atom stereocenters. The molecule has 1 aromatic carbocycles. The molecule has 0 aliphatic heterocycles. The van der Waals surface area contributed by atoms with Gasteiger partial charge in [-0.05, 0) is 37.5 Å². The molecule has 0 aromatic heterocycles. The number of hydrogen-bond acceptors (Lipinski definition) is 3. The van der Waals surface area contributed by atoms with Crippen LogP contribution in [-0.2, 0) is 16.1 Å². The fraction of sp³-hybridized carbons (Fsp3) is 0.529. The second-order valence-corrected chi connectivity index (χ2v) is 6.67. The number of benzene rings is 1. The lowest BCUT2D eigenvalue weighted by molar-refractivity contribution is -0.135. The van der Waals surface area contributed by atoms with Crippen LogP contribution in [-0.4, -0.2) is 35.3 Å². The van der Waals surface area contributed by atoms with E-state index in [2.05, 4.69) is 5.32 Å². The Hall–Kier alpha value is -1.30. The highest BCUT2D eigenvalue weighted by Crippen LogP contribution is 2.14. The summed E-state index contributed by atoms with van der Waals surface area (Å²) in [6, 6.07) is 6.80. The van der Waals surface area contributed by atoms with E-state index in [0.717, 1.165) is 5.56 Å². The van der Waals surface area contributed by atoms with Gasteiger partial charge in [-0.3, -0.25) is 9.59 Å². The van der Waals surface area contributed by atoms with Crippen molar-refractivity contribution in [2.24, 2.45) is 11.7 Å². The van der Waals surface area contributed by atoms with E-state index in [4.69, 9.17) is 17.3 Å². The minimum Gasteiger partial charge on any atom is -0.346 e. The standard InChI is InChI=1S/C17H26ClN3O2.ClH/c1-11(2)16(19)17(23)20-9-15(22)21(12(3)4)10-13-6-5-7-14(18)8-13;/h5-8,11-12,16H,9-10,19H2,1-4H3,(H,20,23);1H/t16-;/m0./s1. The molecular formula is C17H27Cl2N3O2. The molecule has 0 heterocycles. The largest absolute Gasteiger partial charge is 0.346 e. The number of halogens is 2. The number of nitrogens with zero attached hydrogens (tertiary/aromatic N) is 1. The molecule has 0 aliphatic carbocycles. The second-order valence-electron chi connectivity index (χ2n) is 6.23. The fourth-order valence-corrected chi connectivity index (χ4v) is 2.29. The van der Waals surface area contributed by atoms with Crippen LogP contribution in [0, 0.1) is 5.92 Å². The molecule has 0 aliphatic rings. The van der Waals surface area contributed by atoms with Gasteiger partial charge in [0.15, 0.2) is 0 Å². The molecule has 0 radical (unpaired) electrons. The molecular weight excluding hydrogens is 349 g/mol. The van der Waals surface area contributed by atoms with Crippen LogP contribution in [0.25, 0.3) is 0 Å². The van der Waals surface area contributed by atoms with Crippen molar-refractivity contribution in [3.63, 3.8) is 0 Å². The van der Waals surface area contributed by atoms with Gasteiger partial charge in [-0.2, -0.15) is 0 Å². The van der Waals surface area contributed by atoms with Gasteiger partial charge in [-0.1, -0.05) is 37.6 Å². The van der Waals surface area contributed by atoms with Crippen LogP contribution < -0.4 is 11.1 Å². The van der Waals surface area contributed by atoms with Gasteiger partial charge >= 0.3 is 0 Å². The first-order valence-electron chi connectivity index (χ1n) is 7.79. The van der Waals surface area contributed by atoms with Crippen molar-refractivity contribution >= 4 is 35.8 Å². The molecule has 24 heavy (non-hydrogen) atoms. The Balaban J connectivity index is 0.00000529. The number of nitrogens with one attached hydrogen (secondary N) is 1. The topological polar surface area (TPSA) is 75.4 Å². The summed E-state index contributed by atoms with van der Waals surface area (Å²) in [6.45, 7) is 7.99. The van der Waals surface area contributed by atoms with Gasteiger partial charge in [0, 0.05) is 17.6 Å². The molecule has 5 nitrogen and oxygen atoms in total. The molecule has 2 amide bonds. The highest BCUT2D eigenvalue weighted by Gasteiger charge is 2.21. The normalized spacial score (nSPS) is 11.8. The minimum atomic E-state index is -0.608. The molecule has 0 saturated carbocycles. The summed E-state index contributed by atoms with van der Waals surface area (Å²) in [5.41, 5.74) is 6.72. The molecule has 7 heteroatoms. The van der Waals surface area contributed by atoms with Crippen molar-refractivity contribution in [3.05, 3.63) is 34.9 Å².